The Morgan fingerprint density at radius 3 is 3.27 bits per heavy atom. The Kier molecular flexibility index (Phi) is 3.44. The van der Waals surface area contributed by atoms with Crippen LogP contribution in [0.3, 0.4) is 0 Å². The summed E-state index contributed by atoms with van der Waals surface area (Å²) < 4.78 is 16.9. The van der Waals surface area contributed by atoms with Gasteiger partial charge in [-0.15, -0.1) is 0 Å². The Hall–Kier alpha value is -0.800. The molecule has 15 heavy (non-hydrogen) atoms. The summed E-state index contributed by atoms with van der Waals surface area (Å²) in [7, 11) is 0. The van der Waals surface area contributed by atoms with Gasteiger partial charge < -0.3 is 14.2 Å². The van der Waals surface area contributed by atoms with E-state index in [0.29, 0.717) is 6.61 Å². The minimum Gasteiger partial charge on any atom is -0.494 e. The van der Waals surface area contributed by atoms with Crippen LogP contribution in [0, 0.1) is 0 Å². The molecule has 3 unspecified atom stereocenters. The van der Waals surface area contributed by atoms with Gasteiger partial charge in [-0.2, -0.15) is 0 Å². The molecule has 0 radical (unpaired) electrons. The molecule has 1 fully saturated rings. The van der Waals surface area contributed by atoms with Crippen molar-refractivity contribution >= 4 is 0 Å². The largest absolute Gasteiger partial charge is 0.494 e. The molecule has 2 rings (SSSR count). The van der Waals surface area contributed by atoms with Crippen LogP contribution >= 0.6 is 0 Å². The van der Waals surface area contributed by atoms with Crippen LogP contribution in [0.2, 0.25) is 0 Å². The third-order valence-corrected chi connectivity index (χ3v) is 2.76. The molecule has 2 aliphatic heterocycles. The Morgan fingerprint density at radius 2 is 2.53 bits per heavy atom. The molecular formula is C12H18O3. The predicted molar refractivity (Wildman–Crippen MR) is 57.5 cm³/mol. The maximum absolute atomic E-state index is 5.77. The van der Waals surface area contributed by atoms with Crippen molar-refractivity contribution in [1.82, 2.24) is 0 Å². The van der Waals surface area contributed by atoms with Gasteiger partial charge in [0.15, 0.2) is 0 Å². The van der Waals surface area contributed by atoms with Gasteiger partial charge in [0.2, 0.25) is 0 Å². The minimum atomic E-state index is 0.0866. The van der Waals surface area contributed by atoms with Gasteiger partial charge in [-0.3, -0.25) is 0 Å². The van der Waals surface area contributed by atoms with E-state index in [0.717, 1.165) is 25.2 Å². The number of fused-ring (bicyclic) bond motifs is 2. The molecule has 2 aliphatic rings. The number of rotatable bonds is 5. The molecule has 3 heteroatoms. The van der Waals surface area contributed by atoms with E-state index >= 15 is 0 Å². The Morgan fingerprint density at radius 1 is 1.67 bits per heavy atom. The molecule has 1 saturated heterocycles. The lowest BCUT2D eigenvalue weighted by Crippen LogP contribution is -2.24. The first-order valence-corrected chi connectivity index (χ1v) is 5.55. The molecule has 0 spiro atoms. The van der Waals surface area contributed by atoms with Crippen LogP contribution in [-0.4, -0.2) is 31.5 Å². The summed E-state index contributed by atoms with van der Waals surface area (Å²) in [6.07, 6.45) is 6.24. The van der Waals surface area contributed by atoms with Crippen LogP contribution in [-0.2, 0) is 14.2 Å². The van der Waals surface area contributed by atoms with E-state index in [-0.39, 0.29) is 18.3 Å². The number of hydrogen-bond donors (Lipinski definition) is 0. The average Bonchev–Trinajstić information content (AvgIpc) is 2.52. The molecule has 0 aliphatic carbocycles. The lowest BCUT2D eigenvalue weighted by atomic mass is 10.1. The van der Waals surface area contributed by atoms with E-state index in [9.17, 15) is 0 Å². The Labute approximate surface area is 90.7 Å². The summed E-state index contributed by atoms with van der Waals surface area (Å²) in [6.45, 7) is 6.97. The summed E-state index contributed by atoms with van der Waals surface area (Å²) in [5, 5.41) is 0. The number of ether oxygens (including phenoxy) is 3. The fraction of sp³-hybridized carbons (Fsp3) is 0.667. The normalized spacial score (nSPS) is 33.7. The van der Waals surface area contributed by atoms with Crippen molar-refractivity contribution in [1.29, 1.82) is 0 Å². The van der Waals surface area contributed by atoms with Crippen LogP contribution in [0.1, 0.15) is 19.8 Å². The van der Waals surface area contributed by atoms with Gasteiger partial charge >= 0.3 is 0 Å². The van der Waals surface area contributed by atoms with Gasteiger partial charge in [-0.1, -0.05) is 12.7 Å². The van der Waals surface area contributed by atoms with Gasteiger partial charge in [-0.05, 0) is 13.0 Å². The monoisotopic (exact) mass is 210 g/mol. The maximum Gasteiger partial charge on any atom is 0.106 e. The standard InChI is InChI=1S/C12H18O3/c1-3-5-14-9-6-10-8-11(13-4-2)12(7-9)15-10/h3,7,10-12H,1,4-6,8H2,2H3. The zero-order chi connectivity index (χ0) is 10.7. The third-order valence-electron chi connectivity index (χ3n) is 2.76. The molecule has 0 N–H and O–H groups in total. The zero-order valence-corrected chi connectivity index (χ0v) is 9.15. The summed E-state index contributed by atoms with van der Waals surface area (Å²) >= 11 is 0. The molecule has 0 aromatic heterocycles. The van der Waals surface area contributed by atoms with Crippen LogP contribution < -0.4 is 0 Å². The van der Waals surface area contributed by atoms with Crippen molar-refractivity contribution in [2.75, 3.05) is 13.2 Å². The van der Waals surface area contributed by atoms with Crippen molar-refractivity contribution < 1.29 is 14.2 Å². The van der Waals surface area contributed by atoms with E-state index in [1.807, 2.05) is 13.0 Å². The molecule has 2 bridgehead atoms. The zero-order valence-electron chi connectivity index (χ0n) is 9.15. The summed E-state index contributed by atoms with van der Waals surface area (Å²) in [4.78, 5) is 0. The van der Waals surface area contributed by atoms with Gasteiger partial charge in [0.05, 0.1) is 18.0 Å². The van der Waals surface area contributed by atoms with E-state index in [1.54, 1.807) is 6.08 Å². The van der Waals surface area contributed by atoms with Gasteiger partial charge in [0.1, 0.15) is 12.7 Å². The van der Waals surface area contributed by atoms with E-state index in [4.69, 9.17) is 14.2 Å². The number of hydrogen-bond acceptors (Lipinski definition) is 3. The lowest BCUT2D eigenvalue weighted by molar-refractivity contribution is -0.00747. The van der Waals surface area contributed by atoms with Crippen molar-refractivity contribution in [2.45, 2.75) is 38.1 Å². The van der Waals surface area contributed by atoms with Crippen LogP contribution in [0.15, 0.2) is 24.5 Å². The van der Waals surface area contributed by atoms with Crippen LogP contribution in [0.25, 0.3) is 0 Å². The van der Waals surface area contributed by atoms with Gasteiger partial charge in [-0.25, -0.2) is 0 Å². The van der Waals surface area contributed by atoms with Crippen LogP contribution in [0.5, 0.6) is 0 Å². The Bertz CT molecular complexity index is 260. The fourth-order valence-corrected chi connectivity index (χ4v) is 2.16. The van der Waals surface area contributed by atoms with Gasteiger partial charge in [0.25, 0.3) is 0 Å². The maximum atomic E-state index is 5.77. The van der Waals surface area contributed by atoms with Crippen LogP contribution in [0.4, 0.5) is 0 Å². The highest BCUT2D eigenvalue weighted by Crippen LogP contribution is 2.33. The van der Waals surface area contributed by atoms with Crippen molar-refractivity contribution in [3.05, 3.63) is 24.5 Å². The molecule has 0 saturated carbocycles. The molecule has 84 valence electrons. The first-order chi connectivity index (χ1) is 7.33. The van der Waals surface area contributed by atoms with Crippen molar-refractivity contribution in [3.63, 3.8) is 0 Å². The smallest absolute Gasteiger partial charge is 0.106 e. The van der Waals surface area contributed by atoms with E-state index in [2.05, 4.69) is 6.58 Å². The molecule has 0 amide bonds. The molecule has 3 atom stereocenters. The average molecular weight is 210 g/mol. The highest BCUT2D eigenvalue weighted by molar-refractivity contribution is 5.11. The Balaban J connectivity index is 1.95. The summed E-state index contributed by atoms with van der Waals surface area (Å²) in [5.74, 6) is 1.03. The molecule has 2 heterocycles. The highest BCUT2D eigenvalue weighted by atomic mass is 16.6. The quantitative estimate of drug-likeness (QED) is 0.650. The third kappa shape index (κ3) is 2.41. The second-order valence-electron chi connectivity index (χ2n) is 3.89. The second kappa shape index (κ2) is 4.81. The van der Waals surface area contributed by atoms with Gasteiger partial charge in [0, 0.05) is 19.4 Å². The lowest BCUT2D eigenvalue weighted by Gasteiger charge is -2.21. The minimum absolute atomic E-state index is 0.0866. The van der Waals surface area contributed by atoms with E-state index < -0.39 is 0 Å². The summed E-state index contributed by atoms with van der Waals surface area (Å²) in [5.41, 5.74) is 0. The fourth-order valence-electron chi connectivity index (χ4n) is 2.16. The van der Waals surface area contributed by atoms with Crippen molar-refractivity contribution in [2.24, 2.45) is 0 Å². The predicted octanol–water partition coefficient (Wildman–Crippen LogP) is 2.04. The molecule has 0 aromatic rings. The molecule has 3 nitrogen and oxygen atoms in total. The first kappa shape index (κ1) is 10.7. The first-order valence-electron chi connectivity index (χ1n) is 5.55. The second-order valence-corrected chi connectivity index (χ2v) is 3.89. The van der Waals surface area contributed by atoms with Crippen molar-refractivity contribution in [3.8, 4) is 0 Å². The topological polar surface area (TPSA) is 27.7 Å². The molecule has 0 aromatic carbocycles. The SMILES string of the molecule is C=CCOC1=CC2OC(C1)CC2OCC. The molecular weight excluding hydrogens is 192 g/mol. The van der Waals surface area contributed by atoms with E-state index in [1.165, 1.54) is 0 Å². The highest BCUT2D eigenvalue weighted by Gasteiger charge is 2.38. The summed E-state index contributed by atoms with van der Waals surface area (Å²) in [6, 6.07) is 0.